The van der Waals surface area contributed by atoms with Crippen LogP contribution in [-0.4, -0.2) is 12.8 Å². The first-order valence-corrected chi connectivity index (χ1v) is 8.28. The minimum atomic E-state index is -1.51. The molecule has 0 aliphatic heterocycles. The number of halogens is 2. The van der Waals surface area contributed by atoms with Gasteiger partial charge in [-0.15, -0.1) is 0 Å². The van der Waals surface area contributed by atoms with Gasteiger partial charge in [0.1, 0.15) is 0 Å². The molecule has 0 amide bonds. The molecule has 0 saturated heterocycles. The van der Waals surface area contributed by atoms with Gasteiger partial charge in [0.25, 0.3) is 0 Å². The van der Waals surface area contributed by atoms with Crippen molar-refractivity contribution < 1.29 is 0 Å². The summed E-state index contributed by atoms with van der Waals surface area (Å²) in [7, 11) is 11.4. The van der Waals surface area contributed by atoms with Crippen LogP contribution in [-0.2, 0) is 0 Å². The molecule has 0 nitrogen and oxygen atoms in total. The zero-order chi connectivity index (χ0) is 5.98. The molecule has 1 rings (SSSR count). The molecule has 0 atom stereocenters. The van der Waals surface area contributed by atoms with Gasteiger partial charge in [-0.1, -0.05) is 0 Å². The van der Waals surface area contributed by atoms with E-state index in [1.54, 1.807) is 0 Å². The van der Waals surface area contributed by atoms with E-state index in [2.05, 4.69) is 0 Å². The summed E-state index contributed by atoms with van der Waals surface area (Å²) in [5.74, 6) is 0. The van der Waals surface area contributed by atoms with Crippen LogP contribution in [0.25, 0.3) is 0 Å². The van der Waals surface area contributed by atoms with Crippen LogP contribution >= 0.6 is 19.9 Å². The number of allylic oxidation sites excluding steroid dienone is 4. The minimum absolute atomic E-state index is 0.380. The predicted molar refractivity (Wildman–Crippen MR) is 39.5 cm³/mol. The molecule has 0 N–H and O–H groups in total. The molecule has 3 heteroatoms. The van der Waals surface area contributed by atoms with Crippen LogP contribution in [0.4, 0.5) is 0 Å². The molecule has 0 aromatic carbocycles. The number of rotatable bonds is 1. The zero-order valence-electron chi connectivity index (χ0n) is 4.09. The molecule has 0 heterocycles. The molecule has 8 heavy (non-hydrogen) atoms. The second kappa shape index (κ2) is 2.96. The van der Waals surface area contributed by atoms with Gasteiger partial charge in [0.2, 0.25) is 0 Å². The van der Waals surface area contributed by atoms with E-state index in [1.165, 1.54) is 0 Å². The normalized spacial score (nSPS) is 18.9. The van der Waals surface area contributed by atoms with E-state index in [4.69, 9.17) is 19.9 Å². The molecule has 0 spiro atoms. The summed E-state index contributed by atoms with van der Waals surface area (Å²) in [6.45, 7) is 0. The predicted octanol–water partition coefficient (Wildman–Crippen LogP) is 2.45. The molecule has 0 radical (unpaired) electrons. The first kappa shape index (κ1) is 6.73. The van der Waals surface area contributed by atoms with Gasteiger partial charge in [-0.2, -0.15) is 0 Å². The average Bonchev–Trinajstić information content (AvgIpc) is 2.12. The summed E-state index contributed by atoms with van der Waals surface area (Å²) in [6, 6.07) is 0. The summed E-state index contributed by atoms with van der Waals surface area (Å²) >= 11 is -1.51. The van der Waals surface area contributed by atoms with Gasteiger partial charge in [-0.05, 0) is 0 Å². The van der Waals surface area contributed by atoms with Gasteiger partial charge >= 0.3 is 61.7 Å². The fourth-order valence-electron chi connectivity index (χ4n) is 0.550. The molecule has 0 aromatic heterocycles. The molecule has 0 unspecified atom stereocenters. The summed E-state index contributed by atoms with van der Waals surface area (Å²) in [6.07, 6.45) is 8.05. The van der Waals surface area contributed by atoms with Gasteiger partial charge in [-0.25, -0.2) is 0 Å². The summed E-state index contributed by atoms with van der Waals surface area (Å²) < 4.78 is 0.380. The third-order valence-electron chi connectivity index (χ3n) is 0.953. The second-order valence-corrected chi connectivity index (χ2v) is 8.54. The van der Waals surface area contributed by atoms with Crippen molar-refractivity contribution in [3.8, 4) is 0 Å². The number of hydrogen-bond acceptors (Lipinski definition) is 0. The van der Waals surface area contributed by atoms with Crippen LogP contribution in [0.3, 0.4) is 0 Å². The molecule has 1 aliphatic carbocycles. The summed E-state index contributed by atoms with van der Waals surface area (Å²) in [5, 5.41) is 0. The van der Waals surface area contributed by atoms with Crippen LogP contribution in [0.5, 0.6) is 0 Å². The Labute approximate surface area is 61.7 Å². The molecular formula is C5H5AsCl2. The Kier molecular flexibility index (Phi) is 2.49. The van der Waals surface area contributed by atoms with Crippen molar-refractivity contribution in [2.45, 2.75) is 4.71 Å². The quantitative estimate of drug-likeness (QED) is 0.584. The van der Waals surface area contributed by atoms with E-state index in [0.717, 1.165) is 0 Å². The van der Waals surface area contributed by atoms with E-state index in [-0.39, 0.29) is 0 Å². The standard InChI is InChI=1S/C5H5AsCl2/c7-6(8)5-3-1-2-4-5/h1-5H. The fourth-order valence-corrected chi connectivity index (χ4v) is 2.87. The Hall–Kier alpha value is 0.618. The first-order valence-electron chi connectivity index (χ1n) is 2.26. The van der Waals surface area contributed by atoms with Crippen LogP contribution in [0.2, 0.25) is 4.71 Å². The average molecular weight is 211 g/mol. The molecular weight excluding hydrogens is 206 g/mol. The van der Waals surface area contributed by atoms with E-state index in [0.29, 0.717) is 4.71 Å². The first-order chi connectivity index (χ1) is 3.80. The van der Waals surface area contributed by atoms with Crippen molar-refractivity contribution in [2.75, 3.05) is 0 Å². The van der Waals surface area contributed by atoms with Crippen molar-refractivity contribution in [1.29, 1.82) is 0 Å². The van der Waals surface area contributed by atoms with E-state index >= 15 is 0 Å². The van der Waals surface area contributed by atoms with Crippen LogP contribution in [0.15, 0.2) is 24.3 Å². The molecule has 0 aromatic rings. The van der Waals surface area contributed by atoms with Gasteiger partial charge in [0.15, 0.2) is 0 Å². The van der Waals surface area contributed by atoms with Crippen LogP contribution < -0.4 is 0 Å². The number of hydrogen-bond donors (Lipinski definition) is 0. The van der Waals surface area contributed by atoms with Gasteiger partial charge in [0, 0.05) is 0 Å². The molecule has 0 saturated carbocycles. The van der Waals surface area contributed by atoms with Crippen molar-refractivity contribution >= 4 is 32.7 Å². The van der Waals surface area contributed by atoms with Crippen molar-refractivity contribution in [3.63, 3.8) is 0 Å². The Morgan fingerprint density at radius 3 is 1.88 bits per heavy atom. The third-order valence-corrected chi connectivity index (χ3v) is 4.96. The summed E-state index contributed by atoms with van der Waals surface area (Å²) in [5.41, 5.74) is 0. The molecule has 0 bridgehead atoms. The van der Waals surface area contributed by atoms with Gasteiger partial charge in [0.05, 0.1) is 0 Å². The topological polar surface area (TPSA) is 0 Å². The Bertz CT molecular complexity index is 116. The Morgan fingerprint density at radius 1 is 1.12 bits per heavy atom. The van der Waals surface area contributed by atoms with Gasteiger partial charge in [-0.3, -0.25) is 0 Å². The van der Waals surface area contributed by atoms with Crippen molar-refractivity contribution in [2.24, 2.45) is 0 Å². The monoisotopic (exact) mass is 210 g/mol. The van der Waals surface area contributed by atoms with E-state index < -0.39 is 12.8 Å². The van der Waals surface area contributed by atoms with E-state index in [9.17, 15) is 0 Å². The molecule has 1 aliphatic rings. The zero-order valence-corrected chi connectivity index (χ0v) is 7.48. The maximum absolute atomic E-state index is 5.69. The summed E-state index contributed by atoms with van der Waals surface area (Å²) in [4.78, 5) is 0. The van der Waals surface area contributed by atoms with Crippen LogP contribution in [0, 0.1) is 0 Å². The van der Waals surface area contributed by atoms with Crippen molar-refractivity contribution in [3.05, 3.63) is 24.3 Å². The van der Waals surface area contributed by atoms with Gasteiger partial charge < -0.3 is 0 Å². The van der Waals surface area contributed by atoms with Crippen molar-refractivity contribution in [1.82, 2.24) is 0 Å². The van der Waals surface area contributed by atoms with E-state index in [1.807, 2.05) is 24.3 Å². The third kappa shape index (κ3) is 1.55. The Balaban J connectivity index is 2.49. The maximum atomic E-state index is 5.69. The SMILES string of the molecule is Cl[As](Cl)C1C=CC=C1. The van der Waals surface area contributed by atoms with Crippen LogP contribution in [0.1, 0.15) is 0 Å². The Morgan fingerprint density at radius 2 is 1.62 bits per heavy atom. The molecule has 0 fully saturated rings. The molecule has 44 valence electrons. The second-order valence-electron chi connectivity index (χ2n) is 1.52. The fraction of sp³-hybridized carbons (Fsp3) is 0.200.